The quantitative estimate of drug-likeness (QED) is 0.782. The summed E-state index contributed by atoms with van der Waals surface area (Å²) in [6, 6.07) is 11.6. The first-order valence-electron chi connectivity index (χ1n) is 8.98. The number of halogens is 1. The molecule has 6 heteroatoms. The first kappa shape index (κ1) is 17.4. The number of hydrogen-bond donors (Lipinski definition) is 0. The number of anilines is 1. The van der Waals surface area contributed by atoms with Gasteiger partial charge >= 0.3 is 0 Å². The molecular weight excluding hydrogens is 347 g/mol. The van der Waals surface area contributed by atoms with Gasteiger partial charge < -0.3 is 4.90 Å². The van der Waals surface area contributed by atoms with E-state index in [0.29, 0.717) is 11.3 Å². The highest BCUT2D eigenvalue weighted by atomic mass is 19.1. The van der Waals surface area contributed by atoms with Crippen molar-refractivity contribution in [2.45, 2.75) is 38.3 Å². The predicted octanol–water partition coefficient (Wildman–Crippen LogP) is 3.07. The van der Waals surface area contributed by atoms with Crippen LogP contribution < -0.4 is 4.90 Å². The average molecular weight is 366 g/mol. The van der Waals surface area contributed by atoms with Crippen molar-refractivity contribution in [2.24, 2.45) is 0 Å². The topological polar surface area (TPSA) is 57.7 Å². The molecule has 5 nitrogen and oxygen atoms in total. The van der Waals surface area contributed by atoms with Crippen molar-refractivity contribution in [3.8, 4) is 0 Å². The van der Waals surface area contributed by atoms with Crippen LogP contribution in [0, 0.1) is 12.7 Å². The first-order chi connectivity index (χ1) is 13.0. The number of benzene rings is 2. The number of imide groups is 1. The van der Waals surface area contributed by atoms with Crippen LogP contribution in [-0.4, -0.2) is 34.7 Å². The second-order valence-corrected chi connectivity index (χ2v) is 7.02. The van der Waals surface area contributed by atoms with Crippen molar-refractivity contribution in [1.82, 2.24) is 4.90 Å². The van der Waals surface area contributed by atoms with Gasteiger partial charge in [-0.3, -0.25) is 14.4 Å². The normalized spacial score (nSPS) is 19.5. The van der Waals surface area contributed by atoms with E-state index in [1.165, 1.54) is 24.3 Å². The minimum Gasteiger partial charge on any atom is -0.323 e. The molecule has 3 amide bonds. The number of rotatable bonds is 4. The van der Waals surface area contributed by atoms with Crippen LogP contribution in [0.5, 0.6) is 0 Å². The van der Waals surface area contributed by atoms with Crippen LogP contribution in [0.2, 0.25) is 0 Å². The van der Waals surface area contributed by atoms with Gasteiger partial charge in [-0.2, -0.15) is 0 Å². The van der Waals surface area contributed by atoms with Gasteiger partial charge in [0.2, 0.25) is 5.91 Å². The van der Waals surface area contributed by atoms with Gasteiger partial charge in [0, 0.05) is 11.6 Å². The summed E-state index contributed by atoms with van der Waals surface area (Å²) < 4.78 is 13.2. The lowest BCUT2D eigenvalue weighted by atomic mass is 10.1. The molecule has 2 aliphatic rings. The summed E-state index contributed by atoms with van der Waals surface area (Å²) in [7, 11) is 0. The zero-order valence-electron chi connectivity index (χ0n) is 14.9. The van der Waals surface area contributed by atoms with Gasteiger partial charge in [0.1, 0.15) is 11.9 Å². The molecule has 1 heterocycles. The van der Waals surface area contributed by atoms with E-state index in [0.717, 1.165) is 23.3 Å². The summed E-state index contributed by atoms with van der Waals surface area (Å²) in [6.45, 7) is 1.85. The van der Waals surface area contributed by atoms with Crippen molar-refractivity contribution in [2.75, 3.05) is 4.90 Å². The molecule has 1 saturated carbocycles. The zero-order chi connectivity index (χ0) is 19.1. The summed E-state index contributed by atoms with van der Waals surface area (Å²) in [5.74, 6) is -1.47. The monoisotopic (exact) mass is 366 g/mol. The van der Waals surface area contributed by atoms with Gasteiger partial charge in [-0.15, -0.1) is 0 Å². The summed E-state index contributed by atoms with van der Waals surface area (Å²) in [5, 5.41) is 0. The van der Waals surface area contributed by atoms with Gasteiger partial charge in [0.25, 0.3) is 11.8 Å². The largest absolute Gasteiger partial charge is 0.323 e. The van der Waals surface area contributed by atoms with Crippen molar-refractivity contribution in [3.63, 3.8) is 0 Å². The third-order valence-electron chi connectivity index (χ3n) is 5.09. The molecular formula is C21H19FN2O3. The predicted molar refractivity (Wildman–Crippen MR) is 97.7 cm³/mol. The van der Waals surface area contributed by atoms with Crippen LogP contribution in [-0.2, 0) is 9.59 Å². The van der Waals surface area contributed by atoms with Gasteiger partial charge in [-0.25, -0.2) is 9.29 Å². The summed E-state index contributed by atoms with van der Waals surface area (Å²) in [6.07, 6.45) is 1.60. The highest BCUT2D eigenvalue weighted by Gasteiger charge is 2.49. The van der Waals surface area contributed by atoms with Crippen molar-refractivity contribution in [1.29, 1.82) is 0 Å². The number of nitrogens with zero attached hydrogens (tertiary/aromatic N) is 2. The van der Waals surface area contributed by atoms with E-state index in [1.807, 2.05) is 19.1 Å². The molecule has 0 radical (unpaired) electrons. The fourth-order valence-corrected chi connectivity index (χ4v) is 3.56. The molecule has 0 bridgehead atoms. The van der Waals surface area contributed by atoms with Crippen molar-refractivity contribution >= 4 is 23.4 Å². The molecule has 0 N–H and O–H groups in total. The molecule has 1 aliphatic carbocycles. The molecule has 1 atom stereocenters. The van der Waals surface area contributed by atoms with Crippen molar-refractivity contribution in [3.05, 3.63) is 65.5 Å². The van der Waals surface area contributed by atoms with Gasteiger partial charge in [-0.05, 0) is 55.7 Å². The third-order valence-corrected chi connectivity index (χ3v) is 5.09. The Morgan fingerprint density at radius 1 is 1.07 bits per heavy atom. The number of hydrogen-bond acceptors (Lipinski definition) is 3. The molecule has 2 aromatic carbocycles. The Morgan fingerprint density at radius 2 is 1.74 bits per heavy atom. The Labute approximate surface area is 156 Å². The number of carbonyl (C=O) groups is 3. The van der Waals surface area contributed by atoms with E-state index < -0.39 is 17.8 Å². The number of aryl methyl sites for hydroxylation is 1. The molecule has 0 aromatic heterocycles. The first-order valence-corrected chi connectivity index (χ1v) is 8.98. The van der Waals surface area contributed by atoms with E-state index in [4.69, 9.17) is 0 Å². The highest BCUT2D eigenvalue weighted by molar-refractivity contribution is 6.23. The maximum Gasteiger partial charge on any atom is 0.257 e. The van der Waals surface area contributed by atoms with Crippen LogP contribution in [0.3, 0.4) is 0 Å². The average Bonchev–Trinajstić information content (AvgIpc) is 3.43. The summed E-state index contributed by atoms with van der Waals surface area (Å²) >= 11 is 0. The maximum absolute atomic E-state index is 13.2. The molecule has 2 fully saturated rings. The van der Waals surface area contributed by atoms with E-state index in [9.17, 15) is 18.8 Å². The second-order valence-electron chi connectivity index (χ2n) is 7.02. The SMILES string of the molecule is Cc1ccccc1C(=O)N(C1CC1)C1CC(=O)N(c2ccc(F)cc2)C1=O. The molecule has 2 aromatic rings. The smallest absolute Gasteiger partial charge is 0.257 e. The molecule has 27 heavy (non-hydrogen) atoms. The number of carbonyl (C=O) groups excluding carboxylic acids is 3. The molecule has 1 unspecified atom stereocenters. The molecule has 1 saturated heterocycles. The van der Waals surface area contributed by atoms with E-state index in [-0.39, 0.29) is 24.3 Å². The Hall–Kier alpha value is -3.02. The van der Waals surface area contributed by atoms with E-state index in [1.54, 1.807) is 17.0 Å². The lowest BCUT2D eigenvalue weighted by molar-refractivity contribution is -0.122. The zero-order valence-corrected chi connectivity index (χ0v) is 14.9. The van der Waals surface area contributed by atoms with E-state index >= 15 is 0 Å². The Bertz CT molecular complexity index is 921. The standard InChI is InChI=1S/C21H19FN2O3/c1-13-4-2-3-5-17(13)20(26)23(15-10-11-15)18-12-19(25)24(21(18)27)16-8-6-14(22)7-9-16/h2-9,15,18H,10-12H2,1H3. The third kappa shape index (κ3) is 3.12. The molecule has 1 aliphatic heterocycles. The van der Waals surface area contributed by atoms with Crippen LogP contribution >= 0.6 is 0 Å². The molecule has 4 rings (SSSR count). The summed E-state index contributed by atoms with van der Waals surface area (Å²) in [4.78, 5) is 41.3. The van der Waals surface area contributed by atoms with E-state index in [2.05, 4.69) is 0 Å². The van der Waals surface area contributed by atoms with Gasteiger partial charge in [-0.1, -0.05) is 18.2 Å². The maximum atomic E-state index is 13.2. The van der Waals surface area contributed by atoms with Crippen LogP contribution in [0.15, 0.2) is 48.5 Å². The lowest BCUT2D eigenvalue weighted by Crippen LogP contribution is -2.47. The van der Waals surface area contributed by atoms with Crippen LogP contribution in [0.25, 0.3) is 0 Å². The minimum absolute atomic E-state index is 0.0213. The molecule has 0 spiro atoms. The van der Waals surface area contributed by atoms with Gasteiger partial charge in [0.05, 0.1) is 12.1 Å². The Balaban J connectivity index is 1.65. The Kier molecular flexibility index (Phi) is 4.26. The van der Waals surface area contributed by atoms with Gasteiger partial charge in [0.15, 0.2) is 0 Å². The number of amides is 3. The summed E-state index contributed by atoms with van der Waals surface area (Å²) in [5.41, 5.74) is 1.71. The minimum atomic E-state index is -0.817. The fourth-order valence-electron chi connectivity index (χ4n) is 3.56. The highest BCUT2D eigenvalue weighted by Crippen LogP contribution is 2.35. The molecule has 138 valence electrons. The van der Waals surface area contributed by atoms with Crippen LogP contribution in [0.4, 0.5) is 10.1 Å². The second kappa shape index (κ2) is 6.61. The Morgan fingerprint density at radius 3 is 2.37 bits per heavy atom. The van der Waals surface area contributed by atoms with Crippen LogP contribution in [0.1, 0.15) is 35.2 Å². The van der Waals surface area contributed by atoms with Crippen molar-refractivity contribution < 1.29 is 18.8 Å². The lowest BCUT2D eigenvalue weighted by Gasteiger charge is -2.28. The fraction of sp³-hybridized carbons (Fsp3) is 0.286.